The summed E-state index contributed by atoms with van der Waals surface area (Å²) >= 11 is 1.72. The van der Waals surface area contributed by atoms with Crippen LogP contribution in [0.4, 0.5) is 0 Å². The molecule has 0 saturated heterocycles. The van der Waals surface area contributed by atoms with Gasteiger partial charge in [-0.25, -0.2) is 0 Å². The van der Waals surface area contributed by atoms with Crippen LogP contribution in [0.25, 0.3) is 5.57 Å². The van der Waals surface area contributed by atoms with E-state index in [4.69, 9.17) is 0 Å². The monoisotopic (exact) mass is 180 g/mol. The van der Waals surface area contributed by atoms with Crippen molar-refractivity contribution in [3.05, 3.63) is 28.0 Å². The van der Waals surface area contributed by atoms with Gasteiger partial charge < -0.3 is 0 Å². The van der Waals surface area contributed by atoms with Gasteiger partial charge in [0.15, 0.2) is 5.78 Å². The fourth-order valence-corrected chi connectivity index (χ4v) is 1.86. The van der Waals surface area contributed by atoms with Crippen molar-refractivity contribution in [2.75, 3.05) is 0 Å². The Hall–Kier alpha value is -0.890. The molecule has 0 saturated carbocycles. The largest absolute Gasteiger partial charge is 0.295 e. The molecule has 0 unspecified atom stereocenters. The van der Waals surface area contributed by atoms with Gasteiger partial charge in [0.1, 0.15) is 0 Å². The van der Waals surface area contributed by atoms with Crippen LogP contribution in [-0.4, -0.2) is 5.78 Å². The summed E-state index contributed by atoms with van der Waals surface area (Å²) in [5, 5.41) is 0. The van der Waals surface area contributed by atoms with Crippen LogP contribution in [0.1, 0.15) is 23.6 Å². The van der Waals surface area contributed by atoms with Crippen LogP contribution < -0.4 is 0 Å². The van der Waals surface area contributed by atoms with Gasteiger partial charge in [0.25, 0.3) is 0 Å². The summed E-state index contributed by atoms with van der Waals surface area (Å²) in [5.41, 5.74) is 1.06. The molecule has 2 heteroatoms. The normalized spacial score (nSPS) is 11.8. The van der Waals surface area contributed by atoms with E-state index in [0.717, 1.165) is 5.57 Å². The Bertz CT molecular complexity index is 320. The van der Waals surface area contributed by atoms with E-state index in [1.54, 1.807) is 24.3 Å². The van der Waals surface area contributed by atoms with Crippen LogP contribution in [0.3, 0.4) is 0 Å². The minimum atomic E-state index is 0.110. The van der Waals surface area contributed by atoms with E-state index in [1.807, 2.05) is 6.92 Å². The maximum Gasteiger partial charge on any atom is 0.152 e. The third-order valence-corrected chi connectivity index (χ3v) is 2.68. The molecule has 0 amide bonds. The van der Waals surface area contributed by atoms with Crippen molar-refractivity contribution in [3.8, 4) is 0 Å². The van der Waals surface area contributed by atoms with Gasteiger partial charge in [0.05, 0.1) is 0 Å². The van der Waals surface area contributed by atoms with Gasteiger partial charge in [-0.05, 0) is 44.6 Å². The summed E-state index contributed by atoms with van der Waals surface area (Å²) in [4.78, 5) is 13.2. The molecule has 1 aromatic heterocycles. The van der Waals surface area contributed by atoms with Crippen LogP contribution >= 0.6 is 11.3 Å². The van der Waals surface area contributed by atoms with Gasteiger partial charge in [-0.3, -0.25) is 4.79 Å². The lowest BCUT2D eigenvalue weighted by atomic mass is 10.2. The fraction of sp³-hybridized carbons (Fsp3) is 0.300. The lowest BCUT2D eigenvalue weighted by molar-refractivity contribution is -0.112. The molecule has 1 heterocycles. The van der Waals surface area contributed by atoms with Crippen LogP contribution in [-0.2, 0) is 4.79 Å². The van der Waals surface area contributed by atoms with E-state index in [9.17, 15) is 4.79 Å². The van der Waals surface area contributed by atoms with Gasteiger partial charge in [0, 0.05) is 9.75 Å². The highest BCUT2D eigenvalue weighted by Gasteiger charge is 1.99. The van der Waals surface area contributed by atoms with Gasteiger partial charge in [-0.2, -0.15) is 0 Å². The predicted octanol–water partition coefficient (Wildman–Crippen LogP) is 3.05. The topological polar surface area (TPSA) is 17.1 Å². The maximum atomic E-state index is 10.8. The van der Waals surface area contributed by atoms with Crippen molar-refractivity contribution in [1.82, 2.24) is 0 Å². The highest BCUT2D eigenvalue weighted by Crippen LogP contribution is 2.22. The van der Waals surface area contributed by atoms with Crippen LogP contribution in [0.5, 0.6) is 0 Å². The Balaban J connectivity index is 2.91. The highest BCUT2D eigenvalue weighted by molar-refractivity contribution is 7.13. The number of hydrogen-bond acceptors (Lipinski definition) is 2. The van der Waals surface area contributed by atoms with Crippen LogP contribution in [0.15, 0.2) is 18.2 Å². The van der Waals surface area contributed by atoms with E-state index < -0.39 is 0 Å². The summed E-state index contributed by atoms with van der Waals surface area (Å²) in [5.74, 6) is 0.110. The molecule has 0 aliphatic heterocycles. The molecule has 1 nitrogen and oxygen atoms in total. The number of ketones is 1. The molecule has 0 N–H and O–H groups in total. The maximum absolute atomic E-state index is 10.8. The van der Waals surface area contributed by atoms with Crippen LogP contribution in [0, 0.1) is 6.92 Å². The number of carbonyl (C=O) groups excluding carboxylic acids is 1. The van der Waals surface area contributed by atoms with Crippen molar-refractivity contribution in [2.24, 2.45) is 0 Å². The predicted molar refractivity (Wildman–Crippen MR) is 53.4 cm³/mol. The number of rotatable bonds is 2. The SMILES string of the molecule is CC(=O)/C=C(/C)c1ccc(C)s1. The number of hydrogen-bond donors (Lipinski definition) is 0. The second kappa shape index (κ2) is 3.68. The summed E-state index contributed by atoms with van der Waals surface area (Å²) in [7, 11) is 0. The van der Waals surface area contributed by atoms with E-state index in [0.29, 0.717) is 0 Å². The number of aryl methyl sites for hydroxylation is 1. The van der Waals surface area contributed by atoms with Crippen molar-refractivity contribution < 1.29 is 4.79 Å². The Labute approximate surface area is 76.7 Å². The Morgan fingerprint density at radius 2 is 2.08 bits per heavy atom. The lowest BCUT2D eigenvalue weighted by Crippen LogP contribution is -1.82. The average Bonchev–Trinajstić information content (AvgIpc) is 2.34. The minimum Gasteiger partial charge on any atom is -0.295 e. The van der Waals surface area contributed by atoms with E-state index in [2.05, 4.69) is 19.1 Å². The minimum absolute atomic E-state index is 0.110. The van der Waals surface area contributed by atoms with Gasteiger partial charge in [0.2, 0.25) is 0 Å². The number of thiophene rings is 1. The summed E-state index contributed by atoms with van der Waals surface area (Å²) in [6, 6.07) is 4.12. The zero-order valence-corrected chi connectivity index (χ0v) is 8.37. The molecule has 0 aliphatic carbocycles. The van der Waals surface area contributed by atoms with Gasteiger partial charge in [-0.1, -0.05) is 0 Å². The molecule has 0 aromatic carbocycles. The van der Waals surface area contributed by atoms with Gasteiger partial charge >= 0.3 is 0 Å². The molecule has 0 aliphatic rings. The smallest absolute Gasteiger partial charge is 0.152 e. The third kappa shape index (κ3) is 2.31. The fourth-order valence-electron chi connectivity index (χ4n) is 1.02. The summed E-state index contributed by atoms with van der Waals surface area (Å²) in [6.45, 7) is 5.60. The molecule has 12 heavy (non-hydrogen) atoms. The molecule has 0 spiro atoms. The molecule has 1 aromatic rings. The molecule has 64 valence electrons. The molecule has 0 bridgehead atoms. The Kier molecular flexibility index (Phi) is 2.82. The van der Waals surface area contributed by atoms with E-state index >= 15 is 0 Å². The standard InChI is InChI=1S/C10H12OS/c1-7(6-8(2)11)10-5-4-9(3)12-10/h4-6H,1-3H3/b7-6-. The number of allylic oxidation sites excluding steroid dienone is 2. The molecule has 1 rings (SSSR count). The zero-order chi connectivity index (χ0) is 9.14. The van der Waals surface area contributed by atoms with E-state index in [1.165, 1.54) is 9.75 Å². The summed E-state index contributed by atoms with van der Waals surface area (Å²) < 4.78 is 0. The molecule has 0 radical (unpaired) electrons. The van der Waals surface area contributed by atoms with Crippen molar-refractivity contribution in [1.29, 1.82) is 0 Å². The highest BCUT2D eigenvalue weighted by atomic mass is 32.1. The first kappa shape index (κ1) is 9.20. The number of carbonyl (C=O) groups is 1. The second-order valence-corrected chi connectivity index (χ2v) is 4.14. The second-order valence-electron chi connectivity index (χ2n) is 2.85. The van der Waals surface area contributed by atoms with Crippen molar-refractivity contribution in [2.45, 2.75) is 20.8 Å². The van der Waals surface area contributed by atoms with Crippen LogP contribution in [0.2, 0.25) is 0 Å². The van der Waals surface area contributed by atoms with Gasteiger partial charge in [-0.15, -0.1) is 11.3 Å². The zero-order valence-electron chi connectivity index (χ0n) is 7.55. The third-order valence-electron chi connectivity index (χ3n) is 1.55. The lowest BCUT2D eigenvalue weighted by Gasteiger charge is -1.93. The first-order valence-corrected chi connectivity index (χ1v) is 4.67. The Morgan fingerprint density at radius 3 is 2.50 bits per heavy atom. The first-order chi connectivity index (χ1) is 5.59. The molecular formula is C10H12OS. The summed E-state index contributed by atoms with van der Waals surface area (Å²) in [6.07, 6.45) is 1.67. The molecule has 0 fully saturated rings. The molecule has 0 atom stereocenters. The van der Waals surface area contributed by atoms with Crippen molar-refractivity contribution >= 4 is 22.7 Å². The quantitative estimate of drug-likeness (QED) is 0.639. The van der Waals surface area contributed by atoms with E-state index in [-0.39, 0.29) is 5.78 Å². The Morgan fingerprint density at radius 1 is 1.42 bits per heavy atom. The first-order valence-electron chi connectivity index (χ1n) is 3.85. The average molecular weight is 180 g/mol. The molecular weight excluding hydrogens is 168 g/mol. The van der Waals surface area contributed by atoms with Crippen molar-refractivity contribution in [3.63, 3.8) is 0 Å².